The highest BCUT2D eigenvalue weighted by molar-refractivity contribution is 7.81. The van der Waals surface area contributed by atoms with E-state index >= 15 is 0 Å². The first-order valence-electron chi connectivity index (χ1n) is 13.8. The summed E-state index contributed by atoms with van der Waals surface area (Å²) >= 11 is 0. The van der Waals surface area contributed by atoms with Crippen LogP contribution < -0.4 is 14.9 Å². The van der Waals surface area contributed by atoms with Gasteiger partial charge in [-0.2, -0.15) is 13.7 Å². The number of hydrogen-bond acceptors (Lipinski definition) is 6. The third-order valence-corrected chi connectivity index (χ3v) is 8.31. The van der Waals surface area contributed by atoms with Crippen LogP contribution in [0.4, 0.5) is 3.89 Å². The Morgan fingerprint density at radius 2 is 1.90 bits per heavy atom. The van der Waals surface area contributed by atoms with E-state index in [0.717, 1.165) is 66.3 Å². The van der Waals surface area contributed by atoms with Crippen LogP contribution in [0.3, 0.4) is 0 Å². The van der Waals surface area contributed by atoms with E-state index in [-0.39, 0.29) is 17.2 Å². The quantitative estimate of drug-likeness (QED) is 0.230. The van der Waals surface area contributed by atoms with Crippen LogP contribution in [0.15, 0.2) is 59.4 Å². The standard InChI is InChI=1S/C31H29FN4O4S/c1-2-3-5-21-16-26-28(17-25(21)20-6-4-7-23(15-20)40-41(32,38)39)36(22-10-12-34-13-11-22)31-29(30(26)37)24-9-8-19(18-33)14-27(24)35-31/h4,6-9,14-17,22,34-35H,2-3,5,10-13H2,1H3. The number of halogens is 1. The number of aryl methyl sites for hydroxylation is 1. The minimum absolute atomic E-state index is 0.0824. The molecular formula is C31H29FN4O4S. The van der Waals surface area contributed by atoms with Gasteiger partial charge in [-0.15, -0.1) is 0 Å². The van der Waals surface area contributed by atoms with Crippen molar-refractivity contribution in [3.63, 3.8) is 0 Å². The Morgan fingerprint density at radius 3 is 2.63 bits per heavy atom. The lowest BCUT2D eigenvalue weighted by atomic mass is 9.93. The zero-order chi connectivity index (χ0) is 28.7. The third kappa shape index (κ3) is 5.07. The summed E-state index contributed by atoms with van der Waals surface area (Å²) in [6, 6.07) is 17.9. The molecule has 1 aliphatic heterocycles. The predicted octanol–water partition coefficient (Wildman–Crippen LogP) is 6.03. The van der Waals surface area contributed by atoms with Gasteiger partial charge in [0.2, 0.25) is 0 Å². The number of unbranched alkanes of at least 4 members (excludes halogenated alkanes) is 1. The number of fused-ring (bicyclic) bond motifs is 4. The van der Waals surface area contributed by atoms with Crippen LogP contribution in [0.25, 0.3) is 44.0 Å². The van der Waals surface area contributed by atoms with Gasteiger partial charge in [0.15, 0.2) is 5.43 Å². The molecule has 210 valence electrons. The highest BCUT2D eigenvalue weighted by Crippen LogP contribution is 2.37. The summed E-state index contributed by atoms with van der Waals surface area (Å²) in [5.41, 5.74) is 5.08. The summed E-state index contributed by atoms with van der Waals surface area (Å²) in [6.45, 7) is 3.78. The molecule has 2 N–H and O–H groups in total. The first-order valence-corrected chi connectivity index (χ1v) is 15.1. The first kappa shape index (κ1) is 27.0. The van der Waals surface area contributed by atoms with E-state index in [1.165, 1.54) is 12.1 Å². The summed E-state index contributed by atoms with van der Waals surface area (Å²) in [6.07, 6.45) is 4.29. The van der Waals surface area contributed by atoms with Gasteiger partial charge < -0.3 is 19.1 Å². The molecule has 8 nitrogen and oxygen atoms in total. The van der Waals surface area contributed by atoms with E-state index < -0.39 is 10.5 Å². The maximum atomic E-state index is 14.2. The number of hydrogen-bond donors (Lipinski definition) is 2. The fourth-order valence-corrected chi connectivity index (χ4v) is 6.38. The van der Waals surface area contributed by atoms with E-state index in [1.807, 2.05) is 24.3 Å². The van der Waals surface area contributed by atoms with Gasteiger partial charge in [0.25, 0.3) is 0 Å². The smallest absolute Gasteiger partial charge is 0.358 e. The molecule has 1 aliphatic rings. The Bertz CT molecular complexity index is 2020. The fourth-order valence-electron chi connectivity index (χ4n) is 6.05. The molecule has 0 aliphatic carbocycles. The number of pyridine rings is 1. The van der Waals surface area contributed by atoms with Crippen molar-refractivity contribution in [2.24, 2.45) is 0 Å². The number of aromatic amines is 1. The van der Waals surface area contributed by atoms with Crippen molar-refractivity contribution in [3.8, 4) is 22.9 Å². The lowest BCUT2D eigenvalue weighted by Crippen LogP contribution is -2.30. The maximum Gasteiger partial charge on any atom is 0.488 e. The zero-order valence-electron chi connectivity index (χ0n) is 22.5. The molecule has 6 rings (SSSR count). The van der Waals surface area contributed by atoms with Crippen molar-refractivity contribution in [2.75, 3.05) is 13.1 Å². The molecule has 5 aromatic rings. The van der Waals surface area contributed by atoms with Gasteiger partial charge in [-0.1, -0.05) is 35.4 Å². The second-order valence-electron chi connectivity index (χ2n) is 10.5. The van der Waals surface area contributed by atoms with Gasteiger partial charge in [-0.05, 0) is 91.9 Å². The van der Waals surface area contributed by atoms with Crippen molar-refractivity contribution >= 4 is 43.3 Å². The molecule has 1 fully saturated rings. The molecule has 1 saturated heterocycles. The van der Waals surface area contributed by atoms with Crippen molar-refractivity contribution in [1.82, 2.24) is 14.9 Å². The van der Waals surface area contributed by atoms with Crippen LogP contribution in [0, 0.1) is 11.3 Å². The third-order valence-electron chi connectivity index (χ3n) is 7.92. The summed E-state index contributed by atoms with van der Waals surface area (Å²) in [5, 5.41) is 14.9. The Kier molecular flexibility index (Phi) is 7.01. The second-order valence-corrected chi connectivity index (χ2v) is 11.5. The molecule has 0 saturated carbocycles. The molecule has 3 aromatic carbocycles. The minimum Gasteiger partial charge on any atom is -0.358 e. The van der Waals surface area contributed by atoms with Crippen molar-refractivity contribution in [1.29, 1.82) is 5.26 Å². The van der Waals surface area contributed by atoms with Crippen molar-refractivity contribution < 1.29 is 16.5 Å². The molecule has 3 heterocycles. The molecule has 0 unspecified atom stereocenters. The van der Waals surface area contributed by atoms with Crippen LogP contribution in [-0.4, -0.2) is 31.1 Å². The summed E-state index contributed by atoms with van der Waals surface area (Å²) in [7, 11) is -5.18. The SMILES string of the molecule is CCCCc1cc2c(=O)c3c4ccc(C#N)cc4[nH]c3n(C3CCNCC3)c2cc1-c1cccc(OS(=O)(=O)F)c1. The summed E-state index contributed by atoms with van der Waals surface area (Å²) < 4.78 is 42.4. The number of nitriles is 1. The summed E-state index contributed by atoms with van der Waals surface area (Å²) in [5.74, 6) is -0.123. The molecule has 2 aromatic heterocycles. The fraction of sp³-hybridized carbons (Fsp3) is 0.290. The number of piperidine rings is 1. The van der Waals surface area contributed by atoms with Gasteiger partial charge in [-0.3, -0.25) is 4.79 Å². The van der Waals surface area contributed by atoms with Crippen molar-refractivity contribution in [3.05, 3.63) is 75.9 Å². The predicted molar refractivity (Wildman–Crippen MR) is 158 cm³/mol. The largest absolute Gasteiger partial charge is 0.488 e. The lowest BCUT2D eigenvalue weighted by molar-refractivity contribution is 0.381. The molecule has 0 amide bonds. The Balaban J connectivity index is 1.69. The van der Waals surface area contributed by atoms with E-state index in [0.29, 0.717) is 34.0 Å². The number of nitrogens with one attached hydrogen (secondary N) is 2. The van der Waals surface area contributed by atoms with E-state index in [9.17, 15) is 22.4 Å². The monoisotopic (exact) mass is 572 g/mol. The average Bonchev–Trinajstić information content (AvgIpc) is 3.34. The van der Waals surface area contributed by atoms with E-state index in [1.54, 1.807) is 18.2 Å². The molecule has 0 radical (unpaired) electrons. The number of H-pyrrole nitrogens is 1. The average molecular weight is 573 g/mol. The minimum atomic E-state index is -5.18. The Morgan fingerprint density at radius 1 is 1.10 bits per heavy atom. The zero-order valence-corrected chi connectivity index (χ0v) is 23.4. The van der Waals surface area contributed by atoms with Gasteiger partial charge in [0, 0.05) is 22.3 Å². The van der Waals surface area contributed by atoms with E-state index in [4.69, 9.17) is 0 Å². The number of benzene rings is 3. The van der Waals surface area contributed by atoms with Crippen LogP contribution >= 0.6 is 0 Å². The molecular weight excluding hydrogens is 543 g/mol. The second kappa shape index (κ2) is 10.7. The lowest BCUT2D eigenvalue weighted by Gasteiger charge is -2.28. The Hall–Kier alpha value is -4.20. The van der Waals surface area contributed by atoms with Gasteiger partial charge >= 0.3 is 10.5 Å². The van der Waals surface area contributed by atoms with Crippen LogP contribution in [-0.2, 0) is 16.9 Å². The summed E-state index contributed by atoms with van der Waals surface area (Å²) in [4.78, 5) is 17.7. The number of rotatable bonds is 7. The molecule has 0 spiro atoms. The molecule has 10 heteroatoms. The first-order chi connectivity index (χ1) is 19.8. The van der Waals surface area contributed by atoms with Crippen LogP contribution in [0.1, 0.15) is 49.8 Å². The normalized spacial score (nSPS) is 14.6. The molecule has 0 atom stereocenters. The topological polar surface area (TPSA) is 117 Å². The van der Waals surface area contributed by atoms with Gasteiger partial charge in [0.05, 0.1) is 22.5 Å². The molecule has 0 bridgehead atoms. The van der Waals surface area contributed by atoms with Gasteiger partial charge in [0.1, 0.15) is 11.4 Å². The highest BCUT2D eigenvalue weighted by atomic mass is 32.3. The Labute approximate surface area is 236 Å². The highest BCUT2D eigenvalue weighted by Gasteiger charge is 2.24. The number of aromatic nitrogens is 2. The van der Waals surface area contributed by atoms with Crippen LogP contribution in [0.2, 0.25) is 0 Å². The maximum absolute atomic E-state index is 14.2. The van der Waals surface area contributed by atoms with E-state index in [2.05, 4.69) is 32.0 Å². The van der Waals surface area contributed by atoms with Crippen LogP contribution in [0.5, 0.6) is 5.75 Å². The van der Waals surface area contributed by atoms with Gasteiger partial charge in [-0.25, -0.2) is 0 Å². The van der Waals surface area contributed by atoms with Crippen molar-refractivity contribution in [2.45, 2.75) is 45.1 Å². The molecule has 41 heavy (non-hydrogen) atoms. The number of nitrogens with zero attached hydrogens (tertiary/aromatic N) is 2.